The summed E-state index contributed by atoms with van der Waals surface area (Å²) < 4.78 is 14.2. The van der Waals surface area contributed by atoms with Crippen molar-refractivity contribution in [2.24, 2.45) is 0 Å². The van der Waals surface area contributed by atoms with E-state index in [1.807, 2.05) is 62.4 Å². The van der Waals surface area contributed by atoms with Crippen LogP contribution in [0, 0.1) is 5.82 Å². The zero-order valence-corrected chi connectivity index (χ0v) is 24.6. The molecule has 5 rings (SSSR count). The van der Waals surface area contributed by atoms with Crippen LogP contribution in [0.1, 0.15) is 44.7 Å². The molecule has 0 aliphatic carbocycles. The molecule has 3 aromatic carbocycles. The molecule has 43 heavy (non-hydrogen) atoms. The van der Waals surface area contributed by atoms with Gasteiger partial charge in [-0.1, -0.05) is 53.7 Å². The minimum Gasteiger partial charge on any atom is -0.392 e. The van der Waals surface area contributed by atoms with E-state index in [0.717, 1.165) is 33.5 Å². The Morgan fingerprint density at radius 1 is 1.14 bits per heavy atom. The molecule has 1 aliphatic heterocycles. The van der Waals surface area contributed by atoms with E-state index < -0.39 is 17.7 Å². The largest absolute Gasteiger partial charge is 0.392 e. The number of nitrogens with zero attached hydrogens (tertiary/aromatic N) is 3. The number of rotatable bonds is 10. The maximum atomic E-state index is 14.2. The second-order valence-corrected chi connectivity index (χ2v) is 11.7. The number of aromatic nitrogens is 3. The number of carbonyl (C=O) groups is 2. The number of β-amino-alcohol motifs (C(OH)–C–C–N with tert-alkyl or cyclic N) is 1. The van der Waals surface area contributed by atoms with E-state index in [0.29, 0.717) is 25.1 Å². The van der Waals surface area contributed by atoms with Gasteiger partial charge in [-0.15, -0.1) is 5.10 Å². The molecule has 4 aromatic rings. The summed E-state index contributed by atoms with van der Waals surface area (Å²) in [7, 11) is 0. The van der Waals surface area contributed by atoms with Gasteiger partial charge in [-0.05, 0) is 74.1 Å². The van der Waals surface area contributed by atoms with Crippen LogP contribution >= 0.6 is 0 Å². The molecular formula is C33H37FN6O3. The number of aryl methyl sites for hydroxylation is 1. The Morgan fingerprint density at radius 2 is 1.88 bits per heavy atom. The molecule has 2 atom stereocenters. The van der Waals surface area contributed by atoms with Crippen LogP contribution in [0.2, 0.25) is 0 Å². The lowest BCUT2D eigenvalue weighted by Gasteiger charge is -2.29. The first-order valence-electron chi connectivity index (χ1n) is 14.5. The predicted octanol–water partition coefficient (Wildman–Crippen LogP) is 4.38. The summed E-state index contributed by atoms with van der Waals surface area (Å²) in [5.74, 6) is -0.878. The van der Waals surface area contributed by atoms with Gasteiger partial charge in [-0.2, -0.15) is 0 Å². The molecule has 10 heteroatoms. The third-order valence-corrected chi connectivity index (χ3v) is 7.64. The third-order valence-electron chi connectivity index (χ3n) is 7.64. The highest BCUT2D eigenvalue weighted by atomic mass is 19.1. The van der Waals surface area contributed by atoms with Gasteiger partial charge in [-0.25, -0.2) is 4.39 Å². The number of nitrogens with one attached hydrogen (secondary N) is 3. The summed E-state index contributed by atoms with van der Waals surface area (Å²) in [6, 6.07) is 19.6. The molecule has 0 unspecified atom stereocenters. The number of anilines is 1. The molecule has 1 aliphatic rings. The van der Waals surface area contributed by atoms with Crippen molar-refractivity contribution in [3.8, 4) is 22.4 Å². The molecule has 0 radical (unpaired) electrons. The average molecular weight is 585 g/mol. The summed E-state index contributed by atoms with van der Waals surface area (Å²) in [6.07, 6.45) is 2.14. The van der Waals surface area contributed by atoms with Gasteiger partial charge < -0.3 is 20.6 Å². The Morgan fingerprint density at radius 3 is 2.58 bits per heavy atom. The monoisotopic (exact) mass is 584 g/mol. The summed E-state index contributed by atoms with van der Waals surface area (Å²) in [4.78, 5) is 28.6. The lowest BCUT2D eigenvalue weighted by molar-refractivity contribution is -0.128. The highest BCUT2D eigenvalue weighted by Crippen LogP contribution is 2.32. The minimum atomic E-state index is -0.760. The molecule has 0 spiro atoms. The fourth-order valence-electron chi connectivity index (χ4n) is 5.44. The van der Waals surface area contributed by atoms with Crippen LogP contribution in [-0.2, 0) is 22.6 Å². The van der Waals surface area contributed by atoms with Gasteiger partial charge in [0.1, 0.15) is 17.6 Å². The molecule has 9 nitrogen and oxygen atoms in total. The van der Waals surface area contributed by atoms with E-state index in [9.17, 15) is 19.1 Å². The van der Waals surface area contributed by atoms with Gasteiger partial charge in [0.15, 0.2) is 0 Å². The van der Waals surface area contributed by atoms with Crippen molar-refractivity contribution in [3.63, 3.8) is 0 Å². The SMILES string of the molecule is C[C@@H](O)CNC(C)(C)CC(=O)N[C@@H]1CCc2cc(F)ccc2N(Cc2ccc(-c3ccccc3-c3c[nH]nn3)cc2)C1=O. The number of hydrogen-bond donors (Lipinski definition) is 4. The van der Waals surface area contributed by atoms with Gasteiger partial charge in [0.2, 0.25) is 11.8 Å². The molecule has 0 saturated carbocycles. The Hall–Kier alpha value is -4.41. The number of aliphatic hydroxyl groups is 1. The third kappa shape index (κ3) is 7.33. The number of H-pyrrole nitrogens is 1. The number of halogens is 1. The van der Waals surface area contributed by atoms with Crippen LogP contribution < -0.4 is 15.5 Å². The standard InChI is InChI=1S/C33H37FN6O3/c1-21(41)18-35-33(2,3)17-31(42)37-28-14-12-24-16-25(34)13-15-30(24)40(32(28)43)20-22-8-10-23(11-9-22)26-6-4-5-7-27(26)29-19-36-39-38-29/h4-11,13,15-16,19,21,28,35,41H,12,14,17-18,20H2,1-3H3,(H,37,42)(H,36,38,39)/t21-,28-/m1/s1. The van der Waals surface area contributed by atoms with Gasteiger partial charge in [0.25, 0.3) is 0 Å². The molecule has 0 fully saturated rings. The lowest BCUT2D eigenvalue weighted by Crippen LogP contribution is -2.51. The topological polar surface area (TPSA) is 123 Å². The van der Waals surface area contributed by atoms with Gasteiger partial charge in [-0.3, -0.25) is 14.7 Å². The van der Waals surface area contributed by atoms with Crippen molar-refractivity contribution < 1.29 is 19.1 Å². The smallest absolute Gasteiger partial charge is 0.249 e. The molecule has 0 bridgehead atoms. The summed E-state index contributed by atoms with van der Waals surface area (Å²) >= 11 is 0. The Labute approximate surface area is 250 Å². The number of benzene rings is 3. The van der Waals surface area contributed by atoms with Crippen LogP contribution in [0.15, 0.2) is 72.9 Å². The van der Waals surface area contributed by atoms with Crippen molar-refractivity contribution in [1.82, 2.24) is 26.0 Å². The Balaban J connectivity index is 1.36. The van der Waals surface area contributed by atoms with Crippen LogP contribution in [0.25, 0.3) is 22.4 Å². The van der Waals surface area contributed by atoms with E-state index in [1.54, 1.807) is 24.1 Å². The second-order valence-electron chi connectivity index (χ2n) is 11.7. The van der Waals surface area contributed by atoms with Crippen LogP contribution in [-0.4, -0.2) is 56.6 Å². The summed E-state index contributed by atoms with van der Waals surface area (Å²) in [6.45, 7) is 6.04. The maximum Gasteiger partial charge on any atom is 0.249 e. The Kier molecular flexibility index (Phi) is 8.98. The number of aromatic amines is 1. The van der Waals surface area contributed by atoms with Crippen LogP contribution in [0.4, 0.5) is 10.1 Å². The molecule has 224 valence electrons. The highest BCUT2D eigenvalue weighted by molar-refractivity contribution is 6.00. The van der Waals surface area contributed by atoms with Crippen LogP contribution in [0.3, 0.4) is 0 Å². The Bertz CT molecular complexity index is 1570. The second kappa shape index (κ2) is 12.8. The van der Waals surface area contributed by atoms with Crippen molar-refractivity contribution in [1.29, 1.82) is 0 Å². The zero-order chi connectivity index (χ0) is 30.6. The number of fused-ring (bicyclic) bond motifs is 1. The van der Waals surface area contributed by atoms with Crippen molar-refractivity contribution >= 4 is 17.5 Å². The van der Waals surface area contributed by atoms with Crippen molar-refractivity contribution in [2.45, 2.75) is 64.3 Å². The van der Waals surface area contributed by atoms with Gasteiger partial charge >= 0.3 is 0 Å². The van der Waals surface area contributed by atoms with E-state index in [4.69, 9.17) is 0 Å². The van der Waals surface area contributed by atoms with Crippen molar-refractivity contribution in [3.05, 3.63) is 89.9 Å². The fourth-order valence-corrected chi connectivity index (χ4v) is 5.44. The molecule has 1 aromatic heterocycles. The average Bonchev–Trinajstić information content (AvgIpc) is 3.49. The summed E-state index contributed by atoms with van der Waals surface area (Å²) in [5, 5.41) is 26.5. The number of hydrogen-bond acceptors (Lipinski definition) is 6. The number of aliphatic hydroxyl groups excluding tert-OH is 1. The first-order chi connectivity index (χ1) is 20.6. The maximum absolute atomic E-state index is 14.2. The van der Waals surface area contributed by atoms with E-state index in [1.165, 1.54) is 12.1 Å². The van der Waals surface area contributed by atoms with E-state index in [-0.39, 0.29) is 30.6 Å². The van der Waals surface area contributed by atoms with E-state index >= 15 is 0 Å². The fraction of sp³-hybridized carbons (Fsp3) is 0.333. The van der Waals surface area contributed by atoms with Gasteiger partial charge in [0, 0.05) is 29.8 Å². The molecular weight excluding hydrogens is 547 g/mol. The molecule has 4 N–H and O–H groups in total. The molecule has 2 heterocycles. The van der Waals surface area contributed by atoms with Crippen molar-refractivity contribution in [2.75, 3.05) is 11.4 Å². The quantitative estimate of drug-likeness (QED) is 0.219. The summed E-state index contributed by atoms with van der Waals surface area (Å²) in [5.41, 5.74) is 5.37. The normalized spacial score (nSPS) is 16.0. The first kappa shape index (κ1) is 30.1. The van der Waals surface area contributed by atoms with E-state index in [2.05, 4.69) is 26.0 Å². The van der Waals surface area contributed by atoms with Gasteiger partial charge in [0.05, 0.1) is 18.8 Å². The highest BCUT2D eigenvalue weighted by Gasteiger charge is 2.33. The predicted molar refractivity (Wildman–Crippen MR) is 163 cm³/mol. The first-order valence-corrected chi connectivity index (χ1v) is 14.5. The number of amides is 2. The molecule has 2 amide bonds. The van der Waals surface area contributed by atoms with Crippen LogP contribution in [0.5, 0.6) is 0 Å². The molecule has 0 saturated heterocycles. The number of carbonyl (C=O) groups excluding carboxylic acids is 2. The minimum absolute atomic E-state index is 0.127. The lowest BCUT2D eigenvalue weighted by atomic mass is 9.97. The zero-order valence-electron chi connectivity index (χ0n) is 24.6.